The molecular formula is C18H13Cl2FN2. The Balaban J connectivity index is 1.90. The van der Waals surface area contributed by atoms with Crippen molar-refractivity contribution in [2.45, 2.75) is 19.3 Å². The molecule has 0 bridgehead atoms. The highest BCUT2D eigenvalue weighted by Crippen LogP contribution is 2.37. The van der Waals surface area contributed by atoms with E-state index in [0.717, 1.165) is 47.2 Å². The molecule has 23 heavy (non-hydrogen) atoms. The molecule has 1 aromatic heterocycles. The monoisotopic (exact) mass is 346 g/mol. The first-order chi connectivity index (χ1) is 11.1. The fraction of sp³-hybridized carbons (Fsp3) is 0.167. The number of nitrogens with zero attached hydrogens (tertiary/aromatic N) is 1. The first-order valence-corrected chi connectivity index (χ1v) is 8.20. The van der Waals surface area contributed by atoms with Crippen molar-refractivity contribution in [2.75, 3.05) is 5.32 Å². The summed E-state index contributed by atoms with van der Waals surface area (Å²) in [6.07, 6.45) is 3.04. The molecule has 0 saturated heterocycles. The molecule has 1 aliphatic carbocycles. The molecule has 0 amide bonds. The number of hydrogen-bond donors (Lipinski definition) is 1. The topological polar surface area (TPSA) is 24.9 Å². The Kier molecular flexibility index (Phi) is 3.63. The summed E-state index contributed by atoms with van der Waals surface area (Å²) >= 11 is 12.1. The number of fused-ring (bicyclic) bond motifs is 2. The summed E-state index contributed by atoms with van der Waals surface area (Å²) in [6, 6.07) is 10.3. The first kappa shape index (κ1) is 14.7. The lowest BCUT2D eigenvalue weighted by Gasteiger charge is -2.15. The van der Waals surface area contributed by atoms with Crippen LogP contribution in [0.4, 0.5) is 15.8 Å². The van der Waals surface area contributed by atoms with E-state index >= 15 is 0 Å². The van der Waals surface area contributed by atoms with E-state index in [1.165, 1.54) is 11.6 Å². The van der Waals surface area contributed by atoms with Crippen LogP contribution in [0.5, 0.6) is 0 Å². The Morgan fingerprint density at radius 3 is 2.74 bits per heavy atom. The van der Waals surface area contributed by atoms with Gasteiger partial charge in [-0.1, -0.05) is 23.2 Å². The zero-order valence-electron chi connectivity index (χ0n) is 12.2. The van der Waals surface area contributed by atoms with Crippen molar-refractivity contribution in [2.24, 2.45) is 0 Å². The summed E-state index contributed by atoms with van der Waals surface area (Å²) in [6.45, 7) is 0. The number of aryl methyl sites for hydroxylation is 1. The van der Waals surface area contributed by atoms with Crippen LogP contribution in [0.2, 0.25) is 10.0 Å². The first-order valence-electron chi connectivity index (χ1n) is 7.45. The largest absolute Gasteiger partial charge is 0.355 e. The zero-order valence-corrected chi connectivity index (χ0v) is 13.7. The third-order valence-corrected chi connectivity index (χ3v) is 4.69. The highest BCUT2D eigenvalue weighted by Gasteiger charge is 2.20. The lowest BCUT2D eigenvalue weighted by molar-refractivity contribution is 0.628. The second-order valence-electron chi connectivity index (χ2n) is 5.68. The number of nitrogens with one attached hydrogen (secondary N) is 1. The molecule has 0 saturated carbocycles. The van der Waals surface area contributed by atoms with E-state index in [1.807, 2.05) is 18.2 Å². The molecule has 3 aromatic rings. The minimum Gasteiger partial charge on any atom is -0.355 e. The van der Waals surface area contributed by atoms with Crippen LogP contribution in [0, 0.1) is 5.82 Å². The Morgan fingerprint density at radius 1 is 1.04 bits per heavy atom. The van der Waals surface area contributed by atoms with Gasteiger partial charge in [-0.05, 0) is 61.2 Å². The molecule has 1 heterocycles. The molecule has 2 aromatic carbocycles. The van der Waals surface area contributed by atoms with Crippen LogP contribution in [-0.4, -0.2) is 4.98 Å². The van der Waals surface area contributed by atoms with E-state index in [4.69, 9.17) is 28.2 Å². The number of anilines is 2. The molecule has 0 spiro atoms. The quantitative estimate of drug-likeness (QED) is 0.623. The highest BCUT2D eigenvalue weighted by molar-refractivity contribution is 6.31. The molecule has 0 radical (unpaired) electrons. The van der Waals surface area contributed by atoms with E-state index in [9.17, 15) is 4.39 Å². The van der Waals surface area contributed by atoms with E-state index in [1.54, 1.807) is 12.1 Å². The van der Waals surface area contributed by atoms with E-state index in [-0.39, 0.29) is 5.02 Å². The molecule has 0 unspecified atom stereocenters. The number of pyridine rings is 1. The maximum atomic E-state index is 13.4. The van der Waals surface area contributed by atoms with Crippen LogP contribution in [0.1, 0.15) is 17.7 Å². The lowest BCUT2D eigenvalue weighted by atomic mass is 10.1. The van der Waals surface area contributed by atoms with Crippen LogP contribution in [0.3, 0.4) is 0 Å². The molecule has 1 aliphatic rings. The molecule has 0 fully saturated rings. The van der Waals surface area contributed by atoms with Crippen molar-refractivity contribution in [1.29, 1.82) is 0 Å². The number of aromatic nitrogens is 1. The standard InChI is InChI=1S/C18H13Cl2FN2/c19-10-4-7-17-13(8-10)18(12-2-1-3-16(12)23-17)22-11-5-6-15(21)14(20)9-11/h4-9H,1-3H2,(H,22,23). The van der Waals surface area contributed by atoms with Gasteiger partial charge in [-0.25, -0.2) is 4.39 Å². The number of hydrogen-bond acceptors (Lipinski definition) is 2. The number of benzene rings is 2. The Morgan fingerprint density at radius 2 is 1.91 bits per heavy atom. The maximum Gasteiger partial charge on any atom is 0.141 e. The second-order valence-corrected chi connectivity index (χ2v) is 6.52. The summed E-state index contributed by atoms with van der Waals surface area (Å²) in [5.74, 6) is -0.426. The predicted octanol–water partition coefficient (Wildman–Crippen LogP) is 5.91. The van der Waals surface area contributed by atoms with Crippen LogP contribution in [0.15, 0.2) is 36.4 Å². The third-order valence-electron chi connectivity index (χ3n) is 4.16. The van der Waals surface area contributed by atoms with Crippen molar-refractivity contribution < 1.29 is 4.39 Å². The van der Waals surface area contributed by atoms with Gasteiger partial charge in [-0.15, -0.1) is 0 Å². The van der Waals surface area contributed by atoms with Crippen LogP contribution < -0.4 is 5.32 Å². The molecule has 4 rings (SSSR count). The van der Waals surface area contributed by atoms with Gasteiger partial charge in [0.2, 0.25) is 0 Å². The lowest BCUT2D eigenvalue weighted by Crippen LogP contribution is -2.00. The second kappa shape index (κ2) is 5.66. The zero-order chi connectivity index (χ0) is 16.0. The smallest absolute Gasteiger partial charge is 0.141 e. The van der Waals surface area contributed by atoms with E-state index in [2.05, 4.69) is 5.32 Å². The Hall–Kier alpha value is -1.84. The predicted molar refractivity (Wildman–Crippen MR) is 93.5 cm³/mol. The average molecular weight is 347 g/mol. The van der Waals surface area contributed by atoms with Crippen LogP contribution in [-0.2, 0) is 12.8 Å². The molecule has 116 valence electrons. The highest BCUT2D eigenvalue weighted by atomic mass is 35.5. The summed E-state index contributed by atoms with van der Waals surface area (Å²) in [5.41, 5.74) is 4.98. The van der Waals surface area contributed by atoms with Crippen molar-refractivity contribution in [1.82, 2.24) is 4.98 Å². The SMILES string of the molecule is Fc1ccc(Nc2c3c(nc4ccc(Cl)cc24)CCC3)cc1Cl. The number of rotatable bonds is 2. The molecule has 5 heteroatoms. The van der Waals surface area contributed by atoms with Gasteiger partial charge in [-0.3, -0.25) is 4.98 Å². The van der Waals surface area contributed by atoms with E-state index in [0.29, 0.717) is 5.02 Å². The van der Waals surface area contributed by atoms with Gasteiger partial charge in [0.25, 0.3) is 0 Å². The third kappa shape index (κ3) is 2.64. The van der Waals surface area contributed by atoms with Gasteiger partial charge in [0.05, 0.1) is 16.2 Å². The normalized spacial score (nSPS) is 13.3. The number of halogens is 3. The molecular weight excluding hydrogens is 334 g/mol. The molecule has 0 atom stereocenters. The van der Waals surface area contributed by atoms with Gasteiger partial charge >= 0.3 is 0 Å². The fourth-order valence-corrected chi connectivity index (χ4v) is 3.45. The summed E-state index contributed by atoms with van der Waals surface area (Å²) in [7, 11) is 0. The van der Waals surface area contributed by atoms with Gasteiger partial charge in [0.15, 0.2) is 0 Å². The van der Waals surface area contributed by atoms with Crippen molar-refractivity contribution in [3.63, 3.8) is 0 Å². The van der Waals surface area contributed by atoms with Crippen molar-refractivity contribution in [3.8, 4) is 0 Å². The minimum absolute atomic E-state index is 0.100. The fourth-order valence-electron chi connectivity index (χ4n) is 3.10. The summed E-state index contributed by atoms with van der Waals surface area (Å²) in [5, 5.41) is 5.13. The average Bonchev–Trinajstić information content (AvgIpc) is 2.99. The molecule has 0 aliphatic heterocycles. The van der Waals surface area contributed by atoms with Crippen molar-refractivity contribution >= 4 is 45.5 Å². The van der Waals surface area contributed by atoms with Crippen molar-refractivity contribution in [3.05, 3.63) is 63.5 Å². The molecule has 1 N–H and O–H groups in total. The summed E-state index contributed by atoms with van der Waals surface area (Å²) in [4.78, 5) is 4.75. The Bertz CT molecular complexity index is 925. The van der Waals surface area contributed by atoms with Crippen LogP contribution >= 0.6 is 23.2 Å². The van der Waals surface area contributed by atoms with E-state index < -0.39 is 5.82 Å². The van der Waals surface area contributed by atoms with Gasteiger partial charge in [-0.2, -0.15) is 0 Å². The Labute approximate surface area is 143 Å². The molecule has 2 nitrogen and oxygen atoms in total. The minimum atomic E-state index is -0.426. The maximum absolute atomic E-state index is 13.4. The van der Waals surface area contributed by atoms with Gasteiger partial charge in [0.1, 0.15) is 5.82 Å². The van der Waals surface area contributed by atoms with Gasteiger partial charge < -0.3 is 5.32 Å². The van der Waals surface area contributed by atoms with Gasteiger partial charge in [0, 0.05) is 21.8 Å². The van der Waals surface area contributed by atoms with Crippen LogP contribution in [0.25, 0.3) is 10.9 Å². The summed E-state index contributed by atoms with van der Waals surface area (Å²) < 4.78 is 13.4.